The van der Waals surface area contributed by atoms with Crippen LogP contribution in [0.25, 0.3) is 0 Å². The molecule has 0 atom stereocenters. The number of rotatable bonds is 1. The Labute approximate surface area is 108 Å². The first-order valence-corrected chi connectivity index (χ1v) is 7.36. The lowest BCUT2D eigenvalue weighted by molar-refractivity contribution is 0.524. The topological polar surface area (TPSA) is 24.4 Å². The summed E-state index contributed by atoms with van der Waals surface area (Å²) in [6.45, 7) is 0. The molecule has 1 aromatic rings. The van der Waals surface area contributed by atoms with E-state index in [1.807, 2.05) is 30.0 Å². The molecule has 0 amide bonds. The molecular formula is C11H11ClN2S2. The van der Waals surface area contributed by atoms with Crippen LogP contribution in [-0.4, -0.2) is 10.4 Å². The molecule has 0 saturated heterocycles. The Morgan fingerprint density at radius 2 is 2.31 bits per heavy atom. The number of aliphatic imine (C=N–C) groups is 1. The van der Waals surface area contributed by atoms with E-state index in [9.17, 15) is 0 Å². The van der Waals surface area contributed by atoms with E-state index < -0.39 is 0 Å². The lowest BCUT2D eigenvalue weighted by Gasteiger charge is -2.26. The van der Waals surface area contributed by atoms with Gasteiger partial charge in [-0.05, 0) is 43.0 Å². The summed E-state index contributed by atoms with van der Waals surface area (Å²) in [6.07, 6.45) is 4.00. The van der Waals surface area contributed by atoms with Crippen LogP contribution >= 0.6 is 35.3 Å². The maximum absolute atomic E-state index is 5.96. The molecule has 1 N–H and O–H groups in total. The Morgan fingerprint density at radius 1 is 1.44 bits per heavy atom. The third-order valence-corrected chi connectivity index (χ3v) is 5.17. The molecule has 1 fully saturated rings. The third-order valence-electron chi connectivity index (χ3n) is 2.72. The van der Waals surface area contributed by atoms with Gasteiger partial charge in [-0.2, -0.15) is 0 Å². The molecule has 1 aliphatic heterocycles. The minimum Gasteiger partial charge on any atom is -0.305 e. The second kappa shape index (κ2) is 4.51. The predicted molar refractivity (Wildman–Crippen MR) is 72.8 cm³/mol. The van der Waals surface area contributed by atoms with Crippen LogP contribution in [0.1, 0.15) is 19.3 Å². The number of nitrogens with one attached hydrogen (secondary N) is 1. The Bertz CT molecular complexity index is 444. The van der Waals surface area contributed by atoms with Crippen LogP contribution in [0.15, 0.2) is 28.1 Å². The summed E-state index contributed by atoms with van der Waals surface area (Å²) < 4.78 is 3.28. The van der Waals surface area contributed by atoms with E-state index in [0.29, 0.717) is 0 Å². The summed E-state index contributed by atoms with van der Waals surface area (Å²) in [5, 5.41) is 2.52. The number of fused-ring (bicyclic) bond motifs is 1. The van der Waals surface area contributed by atoms with E-state index in [0.717, 1.165) is 26.0 Å². The van der Waals surface area contributed by atoms with Gasteiger partial charge in [-0.3, -0.25) is 0 Å². The highest BCUT2D eigenvalue weighted by molar-refractivity contribution is 8.16. The van der Waals surface area contributed by atoms with E-state index in [4.69, 9.17) is 11.6 Å². The van der Waals surface area contributed by atoms with Crippen molar-refractivity contribution in [3.63, 3.8) is 0 Å². The van der Waals surface area contributed by atoms with Crippen LogP contribution in [-0.2, 0) is 0 Å². The fraction of sp³-hybridized carbons (Fsp3) is 0.364. The third kappa shape index (κ3) is 2.19. The van der Waals surface area contributed by atoms with Gasteiger partial charge in [0.1, 0.15) is 0 Å². The quantitative estimate of drug-likeness (QED) is 0.773. The molecule has 1 aromatic carbocycles. The summed E-state index contributed by atoms with van der Waals surface area (Å²) in [6, 6.07) is 5.82. The van der Waals surface area contributed by atoms with Crippen LogP contribution in [0.2, 0.25) is 5.02 Å². The van der Waals surface area contributed by atoms with E-state index in [-0.39, 0.29) is 0 Å². The first-order chi connectivity index (χ1) is 7.81. The highest BCUT2D eigenvalue weighted by atomic mass is 35.5. The summed E-state index contributed by atoms with van der Waals surface area (Å²) in [5.74, 6) is 0. The number of amidine groups is 1. The van der Waals surface area contributed by atoms with E-state index in [1.54, 1.807) is 11.9 Å². The van der Waals surface area contributed by atoms with Crippen molar-refractivity contribution in [3.8, 4) is 0 Å². The van der Waals surface area contributed by atoms with Gasteiger partial charge in [0.25, 0.3) is 0 Å². The van der Waals surface area contributed by atoms with Crippen LogP contribution < -0.4 is 4.72 Å². The maximum atomic E-state index is 5.96. The number of nitrogens with zero attached hydrogens (tertiary/aromatic N) is 1. The predicted octanol–water partition coefficient (Wildman–Crippen LogP) is 4.22. The molecule has 0 aromatic heterocycles. The van der Waals surface area contributed by atoms with Crippen LogP contribution in [0.4, 0.5) is 5.69 Å². The molecule has 1 saturated carbocycles. The molecule has 5 heteroatoms. The summed E-state index contributed by atoms with van der Waals surface area (Å²) >= 11 is 9.44. The number of thioether (sulfide) groups is 1. The zero-order valence-electron chi connectivity index (χ0n) is 8.57. The number of hydrogen-bond donors (Lipinski definition) is 1. The fourth-order valence-corrected chi connectivity index (χ4v) is 3.70. The molecule has 16 heavy (non-hydrogen) atoms. The zero-order chi connectivity index (χ0) is 11.0. The van der Waals surface area contributed by atoms with Crippen molar-refractivity contribution in [1.29, 1.82) is 0 Å². The summed E-state index contributed by atoms with van der Waals surface area (Å²) in [4.78, 5) is 5.73. The Balaban J connectivity index is 1.81. The molecule has 0 unspecified atom stereocenters. The normalized spacial score (nSPS) is 19.4. The minimum atomic E-state index is 0.748. The molecule has 0 spiro atoms. The molecule has 0 bridgehead atoms. The van der Waals surface area contributed by atoms with Crippen molar-refractivity contribution < 1.29 is 0 Å². The van der Waals surface area contributed by atoms with Crippen LogP contribution in [0.3, 0.4) is 0 Å². The van der Waals surface area contributed by atoms with Crippen LogP contribution in [0.5, 0.6) is 0 Å². The zero-order valence-corrected chi connectivity index (χ0v) is 11.0. The van der Waals surface area contributed by atoms with Crippen LogP contribution in [0, 0.1) is 0 Å². The van der Waals surface area contributed by atoms with Gasteiger partial charge in [-0.15, -0.1) is 0 Å². The van der Waals surface area contributed by atoms with Gasteiger partial charge in [0.15, 0.2) is 5.17 Å². The molecule has 1 aliphatic carbocycles. The molecule has 2 aliphatic rings. The van der Waals surface area contributed by atoms with Crippen molar-refractivity contribution in [2.24, 2.45) is 4.99 Å². The minimum absolute atomic E-state index is 0.748. The average molecular weight is 271 g/mol. The lowest BCUT2D eigenvalue weighted by Crippen LogP contribution is -2.22. The van der Waals surface area contributed by atoms with Gasteiger partial charge in [0, 0.05) is 10.3 Å². The molecule has 0 radical (unpaired) electrons. The van der Waals surface area contributed by atoms with Gasteiger partial charge in [-0.1, -0.05) is 29.8 Å². The lowest BCUT2D eigenvalue weighted by atomic mass is 10.0. The Kier molecular flexibility index (Phi) is 3.05. The van der Waals surface area contributed by atoms with Crippen molar-refractivity contribution in [1.82, 2.24) is 4.72 Å². The summed E-state index contributed by atoms with van der Waals surface area (Å²) in [7, 11) is 0. The van der Waals surface area contributed by atoms with E-state index >= 15 is 0 Å². The van der Waals surface area contributed by atoms with Gasteiger partial charge in [-0.25, -0.2) is 4.99 Å². The second-order valence-electron chi connectivity index (χ2n) is 3.90. The van der Waals surface area contributed by atoms with Crippen molar-refractivity contribution in [2.75, 3.05) is 0 Å². The number of hydrogen-bond acceptors (Lipinski definition) is 4. The highest BCUT2D eigenvalue weighted by Gasteiger charge is 2.22. The molecule has 2 nitrogen and oxygen atoms in total. The van der Waals surface area contributed by atoms with E-state index in [1.165, 1.54) is 19.3 Å². The van der Waals surface area contributed by atoms with Gasteiger partial charge in [0.05, 0.1) is 10.6 Å². The van der Waals surface area contributed by atoms with E-state index in [2.05, 4.69) is 9.71 Å². The highest BCUT2D eigenvalue weighted by Crippen LogP contribution is 2.38. The summed E-state index contributed by atoms with van der Waals surface area (Å²) in [5.41, 5.74) is 0.984. The van der Waals surface area contributed by atoms with Crippen molar-refractivity contribution in [3.05, 3.63) is 23.2 Å². The molecule has 84 valence electrons. The SMILES string of the molecule is Clc1ccc2c(c1)N=C(SC1CCC1)NS2. The van der Waals surface area contributed by atoms with Gasteiger partial charge in [0.2, 0.25) is 0 Å². The van der Waals surface area contributed by atoms with Gasteiger partial charge < -0.3 is 4.72 Å². The molecular weight excluding hydrogens is 260 g/mol. The first-order valence-electron chi connectivity index (χ1n) is 5.29. The molecule has 1 heterocycles. The Morgan fingerprint density at radius 3 is 3.06 bits per heavy atom. The second-order valence-corrected chi connectivity index (χ2v) is 6.48. The number of benzene rings is 1. The monoisotopic (exact) mass is 270 g/mol. The average Bonchev–Trinajstić information content (AvgIpc) is 2.23. The number of halogens is 1. The van der Waals surface area contributed by atoms with Crippen molar-refractivity contribution >= 4 is 46.2 Å². The van der Waals surface area contributed by atoms with Crippen molar-refractivity contribution in [2.45, 2.75) is 29.4 Å². The smallest absolute Gasteiger partial charge is 0.172 e. The molecule has 3 rings (SSSR count). The van der Waals surface area contributed by atoms with Gasteiger partial charge >= 0.3 is 0 Å². The largest absolute Gasteiger partial charge is 0.305 e. The standard InChI is InChI=1S/C11H11ClN2S2/c12-7-4-5-10-9(6-7)13-11(14-16-10)15-8-2-1-3-8/h4-6,8H,1-3H2,(H,13,14). The first kappa shape index (κ1) is 10.8. The fourth-order valence-electron chi connectivity index (χ4n) is 1.59. The Hall–Kier alpha value is -0.320. The maximum Gasteiger partial charge on any atom is 0.172 e.